The van der Waals surface area contributed by atoms with Crippen LogP contribution < -0.4 is 5.32 Å². The molecule has 0 radical (unpaired) electrons. The molecule has 2 bridgehead atoms. The van der Waals surface area contributed by atoms with Gasteiger partial charge >= 0.3 is 11.9 Å². The van der Waals surface area contributed by atoms with Crippen molar-refractivity contribution >= 4 is 11.9 Å². The van der Waals surface area contributed by atoms with E-state index in [9.17, 15) is 9.59 Å². The molecule has 3 heterocycles. The number of hydrogen-bond donors (Lipinski definition) is 1. The highest BCUT2D eigenvalue weighted by atomic mass is 16.5. The molecule has 0 saturated carbocycles. The SMILES string of the molecule is COC(=O)C(=O)NC1CN2CCC1CC2. The summed E-state index contributed by atoms with van der Waals surface area (Å²) in [7, 11) is 1.22. The first-order valence-electron chi connectivity index (χ1n) is 5.32. The Morgan fingerprint density at radius 1 is 1.33 bits per heavy atom. The van der Waals surface area contributed by atoms with E-state index in [1.165, 1.54) is 7.11 Å². The summed E-state index contributed by atoms with van der Waals surface area (Å²) in [4.78, 5) is 24.6. The largest absolute Gasteiger partial charge is 0.462 e. The minimum atomic E-state index is -0.800. The first-order chi connectivity index (χ1) is 7.20. The highest BCUT2D eigenvalue weighted by Crippen LogP contribution is 2.27. The van der Waals surface area contributed by atoms with Crippen molar-refractivity contribution < 1.29 is 14.3 Å². The minimum Gasteiger partial charge on any atom is -0.462 e. The maximum atomic E-state index is 11.3. The number of piperidine rings is 3. The molecule has 3 aliphatic rings. The molecular weight excluding hydrogens is 196 g/mol. The summed E-state index contributed by atoms with van der Waals surface area (Å²) in [6.45, 7) is 3.11. The summed E-state index contributed by atoms with van der Waals surface area (Å²) in [5, 5.41) is 2.75. The van der Waals surface area contributed by atoms with Gasteiger partial charge in [-0.05, 0) is 31.8 Å². The summed E-state index contributed by atoms with van der Waals surface area (Å²) in [5.41, 5.74) is 0. The average molecular weight is 212 g/mol. The molecule has 1 N–H and O–H groups in total. The summed E-state index contributed by atoms with van der Waals surface area (Å²) in [5.74, 6) is -0.883. The van der Waals surface area contributed by atoms with Gasteiger partial charge in [-0.15, -0.1) is 0 Å². The van der Waals surface area contributed by atoms with Crippen molar-refractivity contribution in [3.8, 4) is 0 Å². The Kier molecular flexibility index (Phi) is 2.90. The smallest absolute Gasteiger partial charge is 0.396 e. The first-order valence-corrected chi connectivity index (χ1v) is 5.32. The lowest BCUT2D eigenvalue weighted by molar-refractivity contribution is -0.153. The normalized spacial score (nSPS) is 33.5. The van der Waals surface area contributed by atoms with E-state index in [0.29, 0.717) is 5.92 Å². The van der Waals surface area contributed by atoms with Crippen LogP contribution in [-0.4, -0.2) is 49.6 Å². The van der Waals surface area contributed by atoms with Crippen molar-refractivity contribution in [2.45, 2.75) is 18.9 Å². The molecule has 1 amide bonds. The lowest BCUT2D eigenvalue weighted by atomic mass is 9.84. The average Bonchev–Trinajstić information content (AvgIpc) is 2.29. The maximum absolute atomic E-state index is 11.3. The third kappa shape index (κ3) is 2.12. The van der Waals surface area contributed by atoms with Gasteiger partial charge < -0.3 is 15.0 Å². The van der Waals surface area contributed by atoms with Crippen molar-refractivity contribution in [1.82, 2.24) is 10.2 Å². The molecule has 15 heavy (non-hydrogen) atoms. The van der Waals surface area contributed by atoms with Crippen LogP contribution in [0.4, 0.5) is 0 Å². The predicted octanol–water partition coefficient (Wildman–Crippen LogP) is -0.630. The van der Waals surface area contributed by atoms with Crippen molar-refractivity contribution in [1.29, 1.82) is 0 Å². The molecular formula is C10H16N2O3. The van der Waals surface area contributed by atoms with Gasteiger partial charge in [0.05, 0.1) is 7.11 Å². The van der Waals surface area contributed by atoms with E-state index < -0.39 is 11.9 Å². The number of esters is 1. The topological polar surface area (TPSA) is 58.6 Å². The fourth-order valence-electron chi connectivity index (χ4n) is 2.45. The quantitative estimate of drug-likeness (QED) is 0.464. The van der Waals surface area contributed by atoms with Gasteiger partial charge in [0.2, 0.25) is 0 Å². The fourth-order valence-corrected chi connectivity index (χ4v) is 2.45. The molecule has 3 rings (SSSR count). The van der Waals surface area contributed by atoms with Gasteiger partial charge in [-0.25, -0.2) is 4.79 Å². The molecule has 0 aromatic carbocycles. The zero-order chi connectivity index (χ0) is 10.8. The van der Waals surface area contributed by atoms with E-state index >= 15 is 0 Å². The number of amides is 1. The fraction of sp³-hybridized carbons (Fsp3) is 0.800. The first kappa shape index (κ1) is 10.4. The second-order valence-electron chi connectivity index (χ2n) is 4.21. The molecule has 84 valence electrons. The predicted molar refractivity (Wildman–Crippen MR) is 53.1 cm³/mol. The van der Waals surface area contributed by atoms with Gasteiger partial charge in [0.25, 0.3) is 0 Å². The molecule has 5 heteroatoms. The molecule has 1 unspecified atom stereocenters. The van der Waals surface area contributed by atoms with Gasteiger partial charge in [0, 0.05) is 12.6 Å². The van der Waals surface area contributed by atoms with Gasteiger partial charge in [-0.1, -0.05) is 0 Å². The lowest BCUT2D eigenvalue weighted by Crippen LogP contribution is -2.58. The van der Waals surface area contributed by atoms with Crippen molar-refractivity contribution in [2.75, 3.05) is 26.7 Å². The maximum Gasteiger partial charge on any atom is 0.396 e. The standard InChI is InChI=1S/C10H16N2O3/c1-15-10(14)9(13)11-8-6-12-4-2-7(8)3-5-12/h7-8H,2-6H2,1H3,(H,11,13). The molecule has 5 nitrogen and oxygen atoms in total. The van der Waals surface area contributed by atoms with Crippen LogP contribution in [-0.2, 0) is 14.3 Å². The second-order valence-corrected chi connectivity index (χ2v) is 4.21. The van der Waals surface area contributed by atoms with Crippen LogP contribution in [0, 0.1) is 5.92 Å². The Morgan fingerprint density at radius 3 is 2.47 bits per heavy atom. The number of nitrogens with one attached hydrogen (secondary N) is 1. The molecule has 0 aromatic rings. The van der Waals surface area contributed by atoms with Crippen LogP contribution >= 0.6 is 0 Å². The Bertz CT molecular complexity index is 272. The second kappa shape index (κ2) is 4.18. The number of ether oxygens (including phenoxy) is 1. The summed E-state index contributed by atoms with van der Waals surface area (Å²) in [6.07, 6.45) is 2.23. The Labute approximate surface area is 88.8 Å². The Balaban J connectivity index is 1.90. The monoisotopic (exact) mass is 212 g/mol. The van der Waals surface area contributed by atoms with E-state index in [1.54, 1.807) is 0 Å². The summed E-state index contributed by atoms with van der Waals surface area (Å²) in [6, 6.07) is 0.124. The van der Waals surface area contributed by atoms with E-state index in [4.69, 9.17) is 0 Å². The number of nitrogens with zero attached hydrogens (tertiary/aromatic N) is 1. The molecule has 3 saturated heterocycles. The summed E-state index contributed by atoms with van der Waals surface area (Å²) < 4.78 is 4.37. The minimum absolute atomic E-state index is 0.124. The van der Waals surface area contributed by atoms with E-state index in [1.807, 2.05) is 0 Å². The summed E-state index contributed by atoms with van der Waals surface area (Å²) >= 11 is 0. The molecule has 1 atom stereocenters. The Hall–Kier alpha value is -1.10. The van der Waals surface area contributed by atoms with Crippen LogP contribution in [0.25, 0.3) is 0 Å². The van der Waals surface area contributed by atoms with E-state index in [2.05, 4.69) is 15.0 Å². The van der Waals surface area contributed by atoms with Crippen molar-refractivity contribution in [3.05, 3.63) is 0 Å². The van der Waals surface area contributed by atoms with Gasteiger partial charge in [-0.3, -0.25) is 4.79 Å². The van der Waals surface area contributed by atoms with Crippen LogP contribution in [0.3, 0.4) is 0 Å². The van der Waals surface area contributed by atoms with Gasteiger partial charge in [0.15, 0.2) is 0 Å². The van der Waals surface area contributed by atoms with E-state index in [-0.39, 0.29) is 6.04 Å². The molecule has 3 aliphatic heterocycles. The number of carbonyl (C=O) groups is 2. The van der Waals surface area contributed by atoms with Crippen molar-refractivity contribution in [3.63, 3.8) is 0 Å². The Morgan fingerprint density at radius 2 is 2.00 bits per heavy atom. The zero-order valence-corrected chi connectivity index (χ0v) is 8.86. The highest BCUT2D eigenvalue weighted by molar-refractivity contribution is 6.32. The number of methoxy groups -OCH3 is 1. The molecule has 0 aromatic heterocycles. The molecule has 0 aliphatic carbocycles. The third-order valence-electron chi connectivity index (χ3n) is 3.34. The third-order valence-corrected chi connectivity index (χ3v) is 3.34. The number of rotatable bonds is 1. The van der Waals surface area contributed by atoms with Crippen LogP contribution in [0.1, 0.15) is 12.8 Å². The van der Waals surface area contributed by atoms with Gasteiger partial charge in [0.1, 0.15) is 0 Å². The lowest BCUT2D eigenvalue weighted by Gasteiger charge is -2.44. The number of carbonyl (C=O) groups excluding carboxylic acids is 2. The number of hydrogen-bond acceptors (Lipinski definition) is 4. The zero-order valence-electron chi connectivity index (χ0n) is 8.86. The van der Waals surface area contributed by atoms with Crippen LogP contribution in [0.5, 0.6) is 0 Å². The van der Waals surface area contributed by atoms with Crippen LogP contribution in [0.15, 0.2) is 0 Å². The number of fused-ring (bicyclic) bond motifs is 3. The highest BCUT2D eigenvalue weighted by Gasteiger charge is 2.35. The van der Waals surface area contributed by atoms with E-state index in [0.717, 1.165) is 32.5 Å². The van der Waals surface area contributed by atoms with Crippen molar-refractivity contribution in [2.24, 2.45) is 5.92 Å². The van der Waals surface area contributed by atoms with Gasteiger partial charge in [-0.2, -0.15) is 0 Å². The van der Waals surface area contributed by atoms with Crippen LogP contribution in [0.2, 0.25) is 0 Å². The molecule has 3 fully saturated rings. The molecule has 0 spiro atoms.